The van der Waals surface area contributed by atoms with Gasteiger partial charge in [0, 0.05) is 66.9 Å². The largest absolute Gasteiger partial charge is 0.458 e. The molecule has 7 aromatic carbocycles. The van der Waals surface area contributed by atoms with Crippen LogP contribution in [0.15, 0.2) is 158 Å². The van der Waals surface area contributed by atoms with Gasteiger partial charge in [-0.1, -0.05) is 187 Å². The van der Waals surface area contributed by atoms with Gasteiger partial charge in [0.1, 0.15) is 17.3 Å². The number of hydrogen-bond donors (Lipinski definition) is 0. The number of benzene rings is 7. The summed E-state index contributed by atoms with van der Waals surface area (Å²) in [6.07, 6.45) is -14.4. The average molecular weight is 1050 g/mol. The van der Waals surface area contributed by atoms with Crippen LogP contribution in [-0.4, -0.2) is 14.1 Å². The molecule has 0 atom stereocenters. The summed E-state index contributed by atoms with van der Waals surface area (Å²) in [4.78, 5) is 4.79. The molecule has 0 saturated carbocycles. The Morgan fingerprint density at radius 2 is 1.13 bits per heavy atom. The quantitative estimate of drug-likeness (QED) is 0.118. The first-order valence-corrected chi connectivity index (χ1v) is 24.7. The van der Waals surface area contributed by atoms with E-state index >= 15 is 0 Å². The first-order valence-electron chi connectivity index (χ1n) is 43.7. The predicted molar refractivity (Wildman–Crippen MR) is 321 cm³/mol. The minimum absolute atomic E-state index is 0.0632. The second-order valence-corrected chi connectivity index (χ2v) is 21.7. The molecule has 3 heterocycles. The first-order chi connectivity index (χ1) is 52.0. The summed E-state index contributed by atoms with van der Waals surface area (Å²) >= 11 is 0. The monoisotopic (exact) mass is 1050 g/mol. The number of ether oxygens (including phenoxy) is 1. The number of pyridine rings is 1. The van der Waals surface area contributed by atoms with Crippen molar-refractivity contribution < 1.29 is 61.4 Å². The number of fused-ring (bicyclic) bond motifs is 6. The number of para-hydroxylation sites is 2. The summed E-state index contributed by atoms with van der Waals surface area (Å²) in [5, 5.41) is 1.71. The number of imidazole rings is 1. The van der Waals surface area contributed by atoms with Crippen LogP contribution in [0.4, 0.5) is 0 Å². The Labute approximate surface area is 511 Å². The van der Waals surface area contributed by atoms with Crippen LogP contribution >= 0.6 is 0 Å². The molecule has 2 aliphatic carbocycles. The van der Waals surface area contributed by atoms with Crippen molar-refractivity contribution in [2.24, 2.45) is 0 Å². The maximum atomic E-state index is 10.5. The van der Waals surface area contributed by atoms with E-state index in [2.05, 4.69) is 27.1 Å². The fourth-order valence-corrected chi connectivity index (χ4v) is 10.0. The third-order valence-electron chi connectivity index (χ3n) is 14.1. The Hall–Kier alpha value is -7.24. The van der Waals surface area contributed by atoms with Crippen LogP contribution in [0.3, 0.4) is 0 Å². The van der Waals surface area contributed by atoms with Crippen LogP contribution in [0.25, 0.3) is 72.3 Å². The molecule has 10 aromatic rings. The average Bonchev–Trinajstić information content (AvgIpc) is 1.10. The fourth-order valence-electron chi connectivity index (χ4n) is 10.0. The zero-order valence-electron chi connectivity index (χ0n) is 80.7. The second kappa shape index (κ2) is 17.6. The second-order valence-electron chi connectivity index (χ2n) is 21.7. The highest BCUT2D eigenvalue weighted by molar-refractivity contribution is 6.09. The van der Waals surface area contributed by atoms with E-state index in [1.807, 2.05) is 47.0 Å². The highest BCUT2D eigenvalue weighted by Gasteiger charge is 2.39. The van der Waals surface area contributed by atoms with E-state index in [0.29, 0.717) is 22.6 Å². The predicted octanol–water partition coefficient (Wildman–Crippen LogP) is 18.6. The van der Waals surface area contributed by atoms with Gasteiger partial charge in [-0.05, 0) is 168 Å². The molecule has 77 heavy (non-hydrogen) atoms. The number of nitrogens with zero attached hydrogens (tertiary/aromatic N) is 4. The van der Waals surface area contributed by atoms with E-state index in [-0.39, 0.29) is 27.9 Å². The molecular formula is C72H76N4O. The smallest absolute Gasteiger partial charge is 0.269 e. The summed E-state index contributed by atoms with van der Waals surface area (Å²) < 4.78 is 366. The molecule has 0 fully saturated rings. The van der Waals surface area contributed by atoms with E-state index in [9.17, 15) is 19.2 Å². The molecule has 0 radical (unpaired) electrons. The van der Waals surface area contributed by atoms with Crippen molar-refractivity contribution in [3.05, 3.63) is 197 Å². The lowest BCUT2D eigenvalue weighted by molar-refractivity contribution is -0.571. The Morgan fingerprint density at radius 1 is 0.558 bits per heavy atom. The van der Waals surface area contributed by atoms with Gasteiger partial charge in [-0.15, -0.1) is 0 Å². The van der Waals surface area contributed by atoms with Gasteiger partial charge in [0.05, 0.1) is 41.7 Å². The molecule has 2 aliphatic rings. The maximum Gasteiger partial charge on any atom is 0.269 e. The molecule has 5 heteroatoms. The summed E-state index contributed by atoms with van der Waals surface area (Å²) in [5.74, 6) is 1.02. The van der Waals surface area contributed by atoms with Crippen LogP contribution in [-0.2, 0) is 32.5 Å². The third-order valence-corrected chi connectivity index (χ3v) is 14.1. The van der Waals surface area contributed by atoms with E-state index in [0.717, 1.165) is 44.6 Å². The third kappa shape index (κ3) is 8.69. The molecular weight excluding hydrogens is 937 g/mol. The number of hydrogen-bond acceptors (Lipinski definition) is 2. The lowest BCUT2D eigenvalue weighted by Gasteiger charge is -2.42. The SMILES string of the molecule is [2H]c1c([2H])c2c(c([2H])c1-c1cccc(-c3c([2H])c([2H])c4c(c3[2H])C(C([2H])([2H])[2H])(C([2H])([2H])[2H])C([2H])([2H])C([2H])([2H])C4(C([2H])([2H])[2H])C([2H])([2H])[2H])c1-[n+]1[c-]n(-c3cccc(Oc4ccc5c6ccccc6n(-c6cc(C(C)(C)C)ccn6)c5c4)c3)c3ccc(C(C)(C)C)cc31)C(C([2H])([2H])[2H])(C([2H])([2H])[2H])C([2H])([2H])C([2H])([2H])C2(C([2H])([2H])[2H])C([2H])([2H])[2H]. The van der Waals surface area contributed by atoms with Crippen molar-refractivity contribution in [1.29, 1.82) is 0 Å². The van der Waals surface area contributed by atoms with Crippen molar-refractivity contribution in [1.82, 2.24) is 14.1 Å². The van der Waals surface area contributed by atoms with Gasteiger partial charge in [0.2, 0.25) is 0 Å². The molecule has 390 valence electrons. The number of rotatable bonds is 7. The van der Waals surface area contributed by atoms with Crippen LogP contribution in [0, 0.1) is 6.33 Å². The van der Waals surface area contributed by atoms with Crippen LogP contribution in [0.5, 0.6) is 11.5 Å². The molecule has 3 aromatic heterocycles. The Balaban J connectivity index is 1.28. The molecule has 0 N–H and O–H groups in total. The van der Waals surface area contributed by atoms with Gasteiger partial charge in [-0.2, -0.15) is 0 Å². The highest BCUT2D eigenvalue weighted by Crippen LogP contribution is 2.50. The van der Waals surface area contributed by atoms with Gasteiger partial charge in [0.25, 0.3) is 6.33 Å². The standard InChI is InChI=1S/C72H76N4O/c1-67(2,3)48-27-32-62-64(41-48)75(45-74(62)50-19-17-20-51(43-50)77-52-28-29-56-55-21-15-16-24-61(55)76(63(56)44-52)65-42-49(33-38-73-65)68(4,5)6)66-53(46-25-30-57-59(39-46)71(11,12)36-34-69(57,7)8)22-18-23-54(66)47-26-31-58-60(40-47)72(13,14)37-35-70(58,9)10/h15-33,38-44H,34-37H2,1-14H3/i7D3,8D3,9D3,10D3,11D3,12D3,13D3,14D3,25D,26D,30D,31D,34D2,35D2,36D2,37D2,39D,40D. The molecule has 0 bridgehead atoms. The van der Waals surface area contributed by atoms with Crippen molar-refractivity contribution in [3.63, 3.8) is 0 Å². The lowest BCUT2D eigenvalue weighted by atomic mass is 9.62. The maximum absolute atomic E-state index is 10.5. The van der Waals surface area contributed by atoms with Crippen LogP contribution < -0.4 is 9.30 Å². The molecule has 0 saturated heterocycles. The van der Waals surface area contributed by atoms with E-state index < -0.39 is 194 Å². The fraction of sp³-hybridized carbons (Fsp3) is 0.333. The van der Waals surface area contributed by atoms with Crippen molar-refractivity contribution in [3.8, 4) is 50.9 Å². The van der Waals surface area contributed by atoms with Crippen LogP contribution in [0.2, 0.25) is 0 Å². The minimum Gasteiger partial charge on any atom is -0.458 e. The van der Waals surface area contributed by atoms with E-state index in [1.54, 1.807) is 69.4 Å². The Kier molecular flexibility index (Phi) is 5.36. The topological polar surface area (TPSA) is 35.9 Å². The van der Waals surface area contributed by atoms with Crippen molar-refractivity contribution in [2.75, 3.05) is 0 Å². The zero-order valence-corrected chi connectivity index (χ0v) is 42.7. The lowest BCUT2D eigenvalue weighted by Crippen LogP contribution is -2.34. The highest BCUT2D eigenvalue weighted by atomic mass is 16.5. The van der Waals surface area contributed by atoms with Gasteiger partial charge in [-0.25, -0.2) is 4.98 Å². The molecule has 0 spiro atoms. The molecule has 5 nitrogen and oxygen atoms in total. The Morgan fingerprint density at radius 3 is 1.75 bits per heavy atom. The number of aromatic nitrogens is 4. The van der Waals surface area contributed by atoms with Crippen LogP contribution in [0.1, 0.15) is 207 Å². The van der Waals surface area contributed by atoms with Gasteiger partial charge >= 0.3 is 0 Å². The van der Waals surface area contributed by atoms with Gasteiger partial charge < -0.3 is 4.74 Å². The minimum atomic E-state index is -4.86. The van der Waals surface area contributed by atoms with Gasteiger partial charge in [-0.3, -0.25) is 13.7 Å². The molecule has 0 amide bonds. The summed E-state index contributed by atoms with van der Waals surface area (Å²) in [6.45, 7) is -24.9. The zero-order chi connectivity index (χ0) is 86.6. The first kappa shape index (κ1) is 23.4. The molecule has 12 rings (SSSR count). The summed E-state index contributed by atoms with van der Waals surface area (Å²) in [5.41, 5.74) is -29.8. The van der Waals surface area contributed by atoms with Crippen molar-refractivity contribution >= 4 is 32.8 Å². The van der Waals surface area contributed by atoms with Crippen molar-refractivity contribution in [2.45, 2.75) is 154 Å². The van der Waals surface area contributed by atoms with E-state index in [4.69, 9.17) is 42.6 Å². The molecule has 0 aliphatic heterocycles. The summed E-state index contributed by atoms with van der Waals surface area (Å²) in [6, 6.07) is 20.3. The Bertz CT molecular complexity index is 5420. The summed E-state index contributed by atoms with van der Waals surface area (Å²) in [7, 11) is 0. The van der Waals surface area contributed by atoms with Gasteiger partial charge in [0.15, 0.2) is 0 Å². The normalized spacial score (nSPS) is 27.8. The molecule has 0 unspecified atom stereocenters. The van der Waals surface area contributed by atoms with E-state index in [1.165, 1.54) is 16.7 Å².